The molecule has 88 valence electrons. The van der Waals surface area contributed by atoms with Crippen molar-refractivity contribution in [1.82, 2.24) is 0 Å². The van der Waals surface area contributed by atoms with E-state index in [4.69, 9.17) is 10.5 Å². The summed E-state index contributed by atoms with van der Waals surface area (Å²) in [5.41, 5.74) is 8.99. The van der Waals surface area contributed by atoms with Crippen LogP contribution in [0.2, 0.25) is 0 Å². The maximum atomic E-state index is 5.87. The number of nitrogen functional groups attached to an aromatic ring is 1. The first kappa shape index (κ1) is 11.3. The van der Waals surface area contributed by atoms with Crippen LogP contribution >= 0.6 is 0 Å². The van der Waals surface area contributed by atoms with E-state index in [0.717, 1.165) is 36.3 Å². The summed E-state index contributed by atoms with van der Waals surface area (Å²) in [6.45, 7) is 2.91. The van der Waals surface area contributed by atoms with Crippen LogP contribution < -0.4 is 11.1 Å². The van der Waals surface area contributed by atoms with Crippen LogP contribution in [0.3, 0.4) is 0 Å². The summed E-state index contributed by atoms with van der Waals surface area (Å²) < 4.78 is 5.57. The molecular formula is C13H20N2O. The molecule has 2 rings (SSSR count). The lowest BCUT2D eigenvalue weighted by atomic mass is 9.80. The molecule has 0 heterocycles. The highest BCUT2D eigenvalue weighted by Gasteiger charge is 2.36. The van der Waals surface area contributed by atoms with Gasteiger partial charge in [0.2, 0.25) is 0 Å². The number of anilines is 2. The van der Waals surface area contributed by atoms with Crippen LogP contribution in [0.5, 0.6) is 0 Å². The Labute approximate surface area is 97.0 Å². The first-order valence-electron chi connectivity index (χ1n) is 5.81. The highest BCUT2D eigenvalue weighted by atomic mass is 16.5. The summed E-state index contributed by atoms with van der Waals surface area (Å²) in [5, 5.41) is 3.44. The highest BCUT2D eigenvalue weighted by Crippen LogP contribution is 2.35. The maximum Gasteiger partial charge on any atom is 0.0850 e. The van der Waals surface area contributed by atoms with Crippen molar-refractivity contribution in [1.29, 1.82) is 0 Å². The molecule has 0 bridgehead atoms. The van der Waals surface area contributed by atoms with Crippen molar-refractivity contribution in [2.24, 2.45) is 0 Å². The van der Waals surface area contributed by atoms with Crippen molar-refractivity contribution in [2.75, 3.05) is 24.7 Å². The van der Waals surface area contributed by atoms with E-state index in [1.807, 2.05) is 19.1 Å². The zero-order valence-electron chi connectivity index (χ0n) is 10.0. The van der Waals surface area contributed by atoms with E-state index >= 15 is 0 Å². The summed E-state index contributed by atoms with van der Waals surface area (Å²) in [6, 6.07) is 5.97. The molecule has 3 nitrogen and oxygen atoms in total. The van der Waals surface area contributed by atoms with E-state index in [9.17, 15) is 0 Å². The molecule has 0 saturated heterocycles. The van der Waals surface area contributed by atoms with Crippen molar-refractivity contribution >= 4 is 11.4 Å². The van der Waals surface area contributed by atoms with Gasteiger partial charge in [-0.2, -0.15) is 0 Å². The van der Waals surface area contributed by atoms with Gasteiger partial charge >= 0.3 is 0 Å². The number of benzene rings is 1. The molecule has 16 heavy (non-hydrogen) atoms. The van der Waals surface area contributed by atoms with Gasteiger partial charge in [-0.25, -0.2) is 0 Å². The van der Waals surface area contributed by atoms with Crippen LogP contribution in [-0.2, 0) is 4.74 Å². The fourth-order valence-electron chi connectivity index (χ4n) is 2.13. The molecule has 1 aromatic rings. The molecule has 0 unspecified atom stereocenters. The molecule has 1 aliphatic carbocycles. The molecule has 0 aliphatic heterocycles. The van der Waals surface area contributed by atoms with Crippen LogP contribution in [0.4, 0.5) is 11.4 Å². The Balaban J connectivity index is 2.02. The smallest absolute Gasteiger partial charge is 0.0850 e. The van der Waals surface area contributed by atoms with Crippen LogP contribution in [-0.4, -0.2) is 19.3 Å². The molecule has 1 aliphatic rings. The average molecular weight is 220 g/mol. The fourth-order valence-corrected chi connectivity index (χ4v) is 2.13. The normalized spacial score (nSPS) is 17.9. The molecule has 0 radical (unpaired) electrons. The fraction of sp³-hybridized carbons (Fsp3) is 0.538. The lowest BCUT2D eigenvalue weighted by Crippen LogP contribution is -2.45. The maximum absolute atomic E-state index is 5.87. The topological polar surface area (TPSA) is 47.3 Å². The van der Waals surface area contributed by atoms with Gasteiger partial charge in [0, 0.05) is 25.0 Å². The number of rotatable bonds is 4. The van der Waals surface area contributed by atoms with E-state index in [1.54, 1.807) is 7.11 Å². The average Bonchev–Trinajstić information content (AvgIpc) is 2.23. The molecule has 1 saturated carbocycles. The van der Waals surface area contributed by atoms with E-state index in [-0.39, 0.29) is 5.60 Å². The standard InChI is InChI=1S/C13H20N2O/c1-10-11(14)5-3-6-12(10)15-9-13(16-2)7-4-8-13/h3,5-6,15H,4,7-9,14H2,1-2H3. The van der Waals surface area contributed by atoms with Gasteiger partial charge in [-0.3, -0.25) is 0 Å². The zero-order valence-corrected chi connectivity index (χ0v) is 10.0. The first-order chi connectivity index (χ1) is 7.67. The van der Waals surface area contributed by atoms with Gasteiger partial charge in [-0.1, -0.05) is 6.07 Å². The van der Waals surface area contributed by atoms with E-state index in [2.05, 4.69) is 11.4 Å². The van der Waals surface area contributed by atoms with Crippen LogP contribution in [0, 0.1) is 6.92 Å². The Morgan fingerprint density at radius 3 is 2.75 bits per heavy atom. The number of nitrogens with one attached hydrogen (secondary N) is 1. The van der Waals surface area contributed by atoms with E-state index in [1.165, 1.54) is 6.42 Å². The molecule has 1 fully saturated rings. The van der Waals surface area contributed by atoms with Crippen LogP contribution in [0.25, 0.3) is 0 Å². The van der Waals surface area contributed by atoms with E-state index < -0.39 is 0 Å². The van der Waals surface area contributed by atoms with Crippen LogP contribution in [0.1, 0.15) is 24.8 Å². The molecule has 0 atom stereocenters. The molecule has 3 N–H and O–H groups in total. The minimum atomic E-state index is 0.0526. The Hall–Kier alpha value is -1.22. The summed E-state index contributed by atoms with van der Waals surface area (Å²) in [5.74, 6) is 0. The third kappa shape index (κ3) is 2.00. The Bertz CT molecular complexity index is 367. The molecular weight excluding hydrogens is 200 g/mol. The number of hydrogen-bond donors (Lipinski definition) is 2. The SMILES string of the molecule is COC1(CNc2cccc(N)c2C)CCC1. The van der Waals surface area contributed by atoms with Crippen molar-refractivity contribution in [3.8, 4) is 0 Å². The Morgan fingerprint density at radius 1 is 1.44 bits per heavy atom. The third-order valence-corrected chi connectivity index (χ3v) is 3.67. The van der Waals surface area contributed by atoms with Crippen molar-refractivity contribution < 1.29 is 4.74 Å². The zero-order chi connectivity index (χ0) is 11.6. The Morgan fingerprint density at radius 2 is 2.19 bits per heavy atom. The second kappa shape index (κ2) is 4.34. The lowest BCUT2D eigenvalue weighted by molar-refractivity contribution is -0.0601. The van der Waals surface area contributed by atoms with Gasteiger partial charge < -0.3 is 15.8 Å². The molecule has 3 heteroatoms. The quantitative estimate of drug-likeness (QED) is 0.767. The van der Waals surface area contributed by atoms with Gasteiger partial charge in [-0.15, -0.1) is 0 Å². The summed E-state index contributed by atoms with van der Waals surface area (Å²) >= 11 is 0. The predicted octanol–water partition coefficient (Wildman–Crippen LogP) is 2.56. The van der Waals surface area contributed by atoms with Gasteiger partial charge in [-0.05, 0) is 43.9 Å². The van der Waals surface area contributed by atoms with Gasteiger partial charge in [0.05, 0.1) is 5.60 Å². The number of nitrogens with two attached hydrogens (primary N) is 1. The number of ether oxygens (including phenoxy) is 1. The van der Waals surface area contributed by atoms with Crippen molar-refractivity contribution in [3.05, 3.63) is 23.8 Å². The number of methoxy groups -OCH3 is 1. The largest absolute Gasteiger partial charge is 0.398 e. The molecule has 0 amide bonds. The number of hydrogen-bond acceptors (Lipinski definition) is 3. The second-order valence-electron chi connectivity index (χ2n) is 4.61. The van der Waals surface area contributed by atoms with Crippen LogP contribution in [0.15, 0.2) is 18.2 Å². The van der Waals surface area contributed by atoms with Gasteiger partial charge in [0.15, 0.2) is 0 Å². The monoisotopic (exact) mass is 220 g/mol. The van der Waals surface area contributed by atoms with E-state index in [0.29, 0.717) is 0 Å². The lowest BCUT2D eigenvalue weighted by Gasteiger charge is -2.40. The molecule has 0 aromatic heterocycles. The Kier molecular flexibility index (Phi) is 3.06. The molecule has 1 aromatic carbocycles. The first-order valence-corrected chi connectivity index (χ1v) is 5.81. The van der Waals surface area contributed by atoms with Gasteiger partial charge in [0.25, 0.3) is 0 Å². The minimum Gasteiger partial charge on any atom is -0.398 e. The summed E-state index contributed by atoms with van der Waals surface area (Å²) in [7, 11) is 1.80. The minimum absolute atomic E-state index is 0.0526. The summed E-state index contributed by atoms with van der Waals surface area (Å²) in [4.78, 5) is 0. The van der Waals surface area contributed by atoms with Crippen molar-refractivity contribution in [3.63, 3.8) is 0 Å². The predicted molar refractivity (Wildman–Crippen MR) is 67.7 cm³/mol. The summed E-state index contributed by atoms with van der Waals surface area (Å²) in [6.07, 6.45) is 3.57. The highest BCUT2D eigenvalue weighted by molar-refractivity contribution is 5.62. The van der Waals surface area contributed by atoms with Gasteiger partial charge in [0.1, 0.15) is 0 Å². The third-order valence-electron chi connectivity index (χ3n) is 3.67. The second-order valence-corrected chi connectivity index (χ2v) is 4.61. The molecule has 0 spiro atoms. The van der Waals surface area contributed by atoms with Crippen molar-refractivity contribution in [2.45, 2.75) is 31.8 Å².